The topological polar surface area (TPSA) is 97.3 Å². The van der Waals surface area contributed by atoms with Gasteiger partial charge in [-0.15, -0.1) is 0 Å². The van der Waals surface area contributed by atoms with Gasteiger partial charge in [-0.1, -0.05) is 48.6 Å². The number of methoxy groups -OCH3 is 1. The maximum atomic E-state index is 13.4. The number of carbonyl (C=O) groups is 1. The lowest BCUT2D eigenvalue weighted by Crippen LogP contribution is -2.39. The number of hydrazone groups is 1. The van der Waals surface area contributed by atoms with Gasteiger partial charge in [-0.05, 0) is 64.8 Å². The van der Waals surface area contributed by atoms with E-state index in [1.165, 1.54) is 25.5 Å². The summed E-state index contributed by atoms with van der Waals surface area (Å²) in [6.45, 7) is 5.34. The first-order chi connectivity index (χ1) is 17.3. The van der Waals surface area contributed by atoms with Gasteiger partial charge in [-0.2, -0.15) is 5.10 Å². The third-order valence-corrected chi connectivity index (χ3v) is 7.32. The molecule has 3 rings (SSSR count). The monoisotopic (exact) mass is 571 g/mol. The summed E-state index contributed by atoms with van der Waals surface area (Å²) in [4.78, 5) is 12.8. The van der Waals surface area contributed by atoms with Crippen LogP contribution in [0.4, 0.5) is 5.69 Å². The van der Waals surface area contributed by atoms with Crippen LogP contribution in [-0.4, -0.2) is 40.8 Å². The number of halogens is 1. The normalized spacial score (nSPS) is 11.2. The molecule has 0 aromatic heterocycles. The van der Waals surface area contributed by atoms with Crippen molar-refractivity contribution in [3.05, 3.63) is 95.0 Å². The summed E-state index contributed by atoms with van der Waals surface area (Å²) in [5.74, 6) is 0.375. The van der Waals surface area contributed by atoms with Crippen LogP contribution in [0.5, 0.6) is 11.5 Å². The number of ether oxygens (including phenoxy) is 2. The molecule has 0 heterocycles. The van der Waals surface area contributed by atoms with Crippen LogP contribution >= 0.6 is 15.9 Å². The molecule has 0 aliphatic heterocycles. The number of nitrogens with zero attached hydrogens (tertiary/aromatic N) is 2. The Morgan fingerprint density at radius 2 is 1.83 bits per heavy atom. The van der Waals surface area contributed by atoms with Crippen molar-refractivity contribution in [1.82, 2.24) is 5.43 Å². The minimum atomic E-state index is -3.99. The Bertz CT molecular complexity index is 1340. The Balaban J connectivity index is 1.78. The number of para-hydroxylation sites is 1. The van der Waals surface area contributed by atoms with Crippen LogP contribution < -0.4 is 19.2 Å². The Morgan fingerprint density at radius 1 is 1.14 bits per heavy atom. The van der Waals surface area contributed by atoms with E-state index >= 15 is 0 Å². The number of sulfonamides is 1. The number of anilines is 1. The molecule has 3 aromatic carbocycles. The molecule has 0 atom stereocenters. The summed E-state index contributed by atoms with van der Waals surface area (Å²) < 4.78 is 39.4. The second-order valence-electron chi connectivity index (χ2n) is 7.59. The van der Waals surface area contributed by atoms with Crippen LogP contribution in [0, 0.1) is 6.92 Å². The Kier molecular flexibility index (Phi) is 9.26. The highest BCUT2D eigenvalue weighted by molar-refractivity contribution is 9.10. The summed E-state index contributed by atoms with van der Waals surface area (Å²) in [6.07, 6.45) is 3.04. The highest BCUT2D eigenvalue weighted by atomic mass is 79.9. The third-order valence-electron chi connectivity index (χ3n) is 4.94. The van der Waals surface area contributed by atoms with Crippen LogP contribution in [0.3, 0.4) is 0 Å². The molecule has 36 heavy (non-hydrogen) atoms. The molecule has 0 radical (unpaired) electrons. The van der Waals surface area contributed by atoms with Gasteiger partial charge >= 0.3 is 0 Å². The summed E-state index contributed by atoms with van der Waals surface area (Å²) in [5.41, 5.74) is 4.30. The summed E-state index contributed by atoms with van der Waals surface area (Å²) in [5, 5.41) is 3.98. The molecule has 0 aliphatic carbocycles. The number of rotatable bonds is 11. The van der Waals surface area contributed by atoms with Crippen LogP contribution in [0.25, 0.3) is 0 Å². The fourth-order valence-electron chi connectivity index (χ4n) is 3.19. The van der Waals surface area contributed by atoms with Gasteiger partial charge in [0.1, 0.15) is 13.2 Å². The second-order valence-corrected chi connectivity index (χ2v) is 10.3. The van der Waals surface area contributed by atoms with Gasteiger partial charge in [0, 0.05) is 0 Å². The molecule has 0 bridgehead atoms. The van der Waals surface area contributed by atoms with E-state index < -0.39 is 22.5 Å². The molecule has 0 spiro atoms. The largest absolute Gasteiger partial charge is 0.493 e. The molecule has 1 amide bonds. The Labute approximate surface area is 219 Å². The van der Waals surface area contributed by atoms with Gasteiger partial charge in [0.05, 0.1) is 28.4 Å². The smallest absolute Gasteiger partial charge is 0.264 e. The van der Waals surface area contributed by atoms with Gasteiger partial charge in [0.25, 0.3) is 15.9 Å². The van der Waals surface area contributed by atoms with Crippen molar-refractivity contribution < 1.29 is 22.7 Å². The second kappa shape index (κ2) is 12.4. The average molecular weight is 572 g/mol. The number of nitrogens with one attached hydrogen (secondary N) is 1. The van der Waals surface area contributed by atoms with Gasteiger partial charge in [0.2, 0.25) is 0 Å². The number of benzene rings is 3. The van der Waals surface area contributed by atoms with Crippen LogP contribution in [0.1, 0.15) is 11.1 Å². The van der Waals surface area contributed by atoms with E-state index in [4.69, 9.17) is 9.47 Å². The van der Waals surface area contributed by atoms with Crippen LogP contribution in [0.15, 0.2) is 93.9 Å². The lowest BCUT2D eigenvalue weighted by atomic mass is 10.2. The van der Waals surface area contributed by atoms with E-state index in [9.17, 15) is 13.2 Å². The number of aryl methyl sites for hydroxylation is 1. The van der Waals surface area contributed by atoms with E-state index in [1.807, 2.05) is 6.92 Å². The molecule has 0 saturated heterocycles. The van der Waals surface area contributed by atoms with Crippen LogP contribution in [-0.2, 0) is 14.8 Å². The SMILES string of the molecule is C=CCOc1c(Br)cc(/C=N\NC(=O)CN(c2ccccc2)S(=O)(=O)c2ccc(C)cc2)cc1OC. The molecular formula is C26H26BrN3O5S. The number of hydrogen-bond donors (Lipinski definition) is 1. The van der Waals surface area contributed by atoms with Gasteiger partial charge < -0.3 is 9.47 Å². The molecule has 0 aliphatic rings. The molecule has 8 nitrogen and oxygen atoms in total. The van der Waals surface area contributed by atoms with E-state index in [0.717, 1.165) is 9.87 Å². The number of amides is 1. The van der Waals surface area contributed by atoms with Crippen molar-refractivity contribution in [1.29, 1.82) is 0 Å². The number of carbonyl (C=O) groups excluding carboxylic acids is 1. The van der Waals surface area contributed by atoms with Crippen molar-refractivity contribution in [2.75, 3.05) is 24.6 Å². The predicted octanol–water partition coefficient (Wildman–Crippen LogP) is 4.68. The summed E-state index contributed by atoms with van der Waals surface area (Å²) >= 11 is 3.44. The summed E-state index contributed by atoms with van der Waals surface area (Å²) in [6, 6.07) is 18.3. The first-order valence-corrected chi connectivity index (χ1v) is 13.1. The predicted molar refractivity (Wildman–Crippen MR) is 144 cm³/mol. The molecule has 3 aromatic rings. The fourth-order valence-corrected chi connectivity index (χ4v) is 5.18. The zero-order valence-electron chi connectivity index (χ0n) is 19.8. The molecule has 0 unspecified atom stereocenters. The van der Waals surface area contributed by atoms with E-state index in [-0.39, 0.29) is 4.90 Å². The van der Waals surface area contributed by atoms with Gasteiger partial charge in [-0.3, -0.25) is 9.10 Å². The van der Waals surface area contributed by atoms with E-state index in [0.29, 0.717) is 33.8 Å². The molecule has 1 N–H and O–H groups in total. The highest BCUT2D eigenvalue weighted by Gasteiger charge is 2.27. The molecular weight excluding hydrogens is 546 g/mol. The van der Waals surface area contributed by atoms with Crippen molar-refractivity contribution in [3.8, 4) is 11.5 Å². The highest BCUT2D eigenvalue weighted by Crippen LogP contribution is 2.36. The number of hydrogen-bond acceptors (Lipinski definition) is 6. The Hall–Kier alpha value is -3.63. The molecule has 188 valence electrons. The van der Waals surface area contributed by atoms with Crippen molar-refractivity contribution in [2.45, 2.75) is 11.8 Å². The lowest BCUT2D eigenvalue weighted by molar-refractivity contribution is -0.119. The van der Waals surface area contributed by atoms with E-state index in [2.05, 4.69) is 33.0 Å². The molecule has 0 saturated carbocycles. The lowest BCUT2D eigenvalue weighted by Gasteiger charge is -2.23. The van der Waals surface area contributed by atoms with Gasteiger partial charge in [0.15, 0.2) is 11.5 Å². The van der Waals surface area contributed by atoms with Crippen molar-refractivity contribution >= 4 is 43.8 Å². The van der Waals surface area contributed by atoms with E-state index in [1.54, 1.807) is 60.7 Å². The summed E-state index contributed by atoms with van der Waals surface area (Å²) in [7, 11) is -2.48. The van der Waals surface area contributed by atoms with Crippen molar-refractivity contribution in [2.24, 2.45) is 5.10 Å². The Morgan fingerprint density at radius 3 is 2.47 bits per heavy atom. The fraction of sp³-hybridized carbons (Fsp3) is 0.154. The maximum Gasteiger partial charge on any atom is 0.264 e. The minimum absolute atomic E-state index is 0.0870. The molecule has 0 fully saturated rings. The van der Waals surface area contributed by atoms with Crippen molar-refractivity contribution in [3.63, 3.8) is 0 Å². The maximum absolute atomic E-state index is 13.4. The zero-order valence-corrected chi connectivity index (χ0v) is 22.3. The first-order valence-electron chi connectivity index (χ1n) is 10.8. The standard InChI is InChI=1S/C26H26BrN3O5S/c1-4-14-35-26-23(27)15-20(16-24(26)34-3)17-28-29-25(31)18-30(21-8-6-5-7-9-21)36(32,33)22-12-10-19(2)11-13-22/h4-13,15-17H,1,14,18H2,2-3H3,(H,29,31)/b28-17-. The molecule has 10 heteroatoms. The zero-order chi connectivity index (χ0) is 26.1. The first kappa shape index (κ1) is 27.0. The van der Waals surface area contributed by atoms with Gasteiger partial charge in [-0.25, -0.2) is 13.8 Å². The quantitative estimate of drug-likeness (QED) is 0.205. The van der Waals surface area contributed by atoms with Crippen LogP contribution in [0.2, 0.25) is 0 Å². The minimum Gasteiger partial charge on any atom is -0.493 e. The average Bonchev–Trinajstić information content (AvgIpc) is 2.87. The third kappa shape index (κ3) is 6.73.